The van der Waals surface area contributed by atoms with Crippen LogP contribution in [0.5, 0.6) is 0 Å². The van der Waals surface area contributed by atoms with E-state index < -0.39 is 0 Å². The Labute approximate surface area is 66.2 Å². The van der Waals surface area contributed by atoms with E-state index in [1.165, 1.54) is 16.7 Å². The molecule has 0 radical (unpaired) electrons. The maximum atomic E-state index is 5.32. The van der Waals surface area contributed by atoms with Crippen LogP contribution in [0.4, 0.5) is 0 Å². The zero-order chi connectivity index (χ0) is 7.68. The number of hydrogen-bond donors (Lipinski definition) is 0. The molecule has 2 rings (SSSR count). The minimum atomic E-state index is 0.746. The molecule has 2 nitrogen and oxygen atoms in total. The second-order valence-corrected chi connectivity index (χ2v) is 2.78. The number of fused-ring (bicyclic) bond motifs is 1. The van der Waals surface area contributed by atoms with Crippen LogP contribution < -0.4 is 0 Å². The highest BCUT2D eigenvalue weighted by molar-refractivity contribution is 5.32. The first-order valence-electron chi connectivity index (χ1n) is 3.94. The molecule has 0 atom stereocenters. The van der Waals surface area contributed by atoms with Crippen LogP contribution in [0, 0.1) is 0 Å². The number of ether oxygens (including phenoxy) is 1. The highest BCUT2D eigenvalue weighted by atomic mass is 16.5. The standard InChI is InChI=1S/C9H11NO/c1-2-7-3-10-4-8-5-11-6-9(7)8/h3-4H,2,5-6H2,1H3. The number of aromatic nitrogens is 1. The number of hydrogen-bond acceptors (Lipinski definition) is 2. The smallest absolute Gasteiger partial charge is 0.0740 e. The van der Waals surface area contributed by atoms with Crippen LogP contribution in [0.25, 0.3) is 0 Å². The molecule has 0 aliphatic carbocycles. The van der Waals surface area contributed by atoms with Crippen LogP contribution in [0.3, 0.4) is 0 Å². The Kier molecular flexibility index (Phi) is 1.62. The third kappa shape index (κ3) is 1.03. The summed E-state index contributed by atoms with van der Waals surface area (Å²) in [6.45, 7) is 3.67. The van der Waals surface area contributed by atoms with E-state index in [1.807, 2.05) is 12.4 Å². The molecule has 0 bridgehead atoms. The van der Waals surface area contributed by atoms with Crippen LogP contribution in [0.2, 0.25) is 0 Å². The highest BCUT2D eigenvalue weighted by Crippen LogP contribution is 2.22. The van der Waals surface area contributed by atoms with Crippen molar-refractivity contribution in [3.05, 3.63) is 29.1 Å². The third-order valence-corrected chi connectivity index (χ3v) is 2.12. The maximum Gasteiger partial charge on any atom is 0.0740 e. The summed E-state index contributed by atoms with van der Waals surface area (Å²) in [6, 6.07) is 0. The maximum absolute atomic E-state index is 5.32. The van der Waals surface area contributed by atoms with Crippen molar-refractivity contribution >= 4 is 0 Å². The first kappa shape index (κ1) is 6.80. The van der Waals surface area contributed by atoms with E-state index in [4.69, 9.17) is 4.74 Å². The first-order valence-corrected chi connectivity index (χ1v) is 3.94. The Morgan fingerprint density at radius 1 is 1.45 bits per heavy atom. The van der Waals surface area contributed by atoms with Crippen molar-refractivity contribution < 1.29 is 4.74 Å². The van der Waals surface area contributed by atoms with Gasteiger partial charge in [0.15, 0.2) is 0 Å². The van der Waals surface area contributed by atoms with Gasteiger partial charge in [-0.3, -0.25) is 4.98 Å². The van der Waals surface area contributed by atoms with Crippen molar-refractivity contribution in [3.8, 4) is 0 Å². The lowest BCUT2D eigenvalue weighted by Crippen LogP contribution is -1.92. The van der Waals surface area contributed by atoms with Gasteiger partial charge in [-0.1, -0.05) is 6.92 Å². The van der Waals surface area contributed by atoms with Gasteiger partial charge in [0, 0.05) is 18.0 Å². The molecule has 0 N–H and O–H groups in total. The van der Waals surface area contributed by atoms with E-state index in [-0.39, 0.29) is 0 Å². The van der Waals surface area contributed by atoms with E-state index in [1.54, 1.807) is 0 Å². The zero-order valence-electron chi connectivity index (χ0n) is 6.63. The van der Waals surface area contributed by atoms with Gasteiger partial charge >= 0.3 is 0 Å². The van der Waals surface area contributed by atoms with Crippen LogP contribution in [-0.4, -0.2) is 4.98 Å². The first-order chi connectivity index (χ1) is 5.42. The Bertz CT molecular complexity index is 270. The number of aryl methyl sites for hydroxylation is 1. The lowest BCUT2D eigenvalue weighted by molar-refractivity contribution is 0.134. The van der Waals surface area contributed by atoms with Gasteiger partial charge in [-0.25, -0.2) is 0 Å². The number of rotatable bonds is 1. The molecule has 1 aliphatic rings. The van der Waals surface area contributed by atoms with E-state index in [0.717, 1.165) is 19.6 Å². The minimum Gasteiger partial charge on any atom is -0.372 e. The third-order valence-electron chi connectivity index (χ3n) is 2.12. The molecule has 0 aromatic carbocycles. The molecule has 1 aliphatic heterocycles. The van der Waals surface area contributed by atoms with Crippen molar-refractivity contribution in [2.24, 2.45) is 0 Å². The lowest BCUT2D eigenvalue weighted by atomic mass is 10.1. The van der Waals surface area contributed by atoms with Gasteiger partial charge in [0.2, 0.25) is 0 Å². The molecular formula is C9H11NO. The number of pyridine rings is 1. The van der Waals surface area contributed by atoms with Gasteiger partial charge in [0.05, 0.1) is 13.2 Å². The topological polar surface area (TPSA) is 22.1 Å². The molecule has 0 saturated carbocycles. The van der Waals surface area contributed by atoms with Gasteiger partial charge in [-0.05, 0) is 17.5 Å². The lowest BCUT2D eigenvalue weighted by Gasteiger charge is -2.01. The van der Waals surface area contributed by atoms with Crippen molar-refractivity contribution in [2.75, 3.05) is 0 Å². The summed E-state index contributed by atoms with van der Waals surface area (Å²) < 4.78 is 5.32. The van der Waals surface area contributed by atoms with Crippen molar-refractivity contribution in [1.29, 1.82) is 0 Å². The SMILES string of the molecule is CCc1cncc2c1COC2. The van der Waals surface area contributed by atoms with Crippen molar-refractivity contribution in [3.63, 3.8) is 0 Å². The van der Waals surface area contributed by atoms with Crippen LogP contribution in [-0.2, 0) is 24.4 Å². The number of nitrogens with zero attached hydrogens (tertiary/aromatic N) is 1. The summed E-state index contributed by atoms with van der Waals surface area (Å²) in [4.78, 5) is 4.15. The van der Waals surface area contributed by atoms with Crippen LogP contribution >= 0.6 is 0 Å². The average Bonchev–Trinajstić information content (AvgIpc) is 2.50. The van der Waals surface area contributed by atoms with E-state index >= 15 is 0 Å². The molecule has 1 aromatic rings. The molecule has 0 unspecified atom stereocenters. The normalized spacial score (nSPS) is 15.0. The van der Waals surface area contributed by atoms with E-state index in [9.17, 15) is 0 Å². The highest BCUT2D eigenvalue weighted by Gasteiger charge is 2.13. The van der Waals surface area contributed by atoms with Crippen LogP contribution in [0.1, 0.15) is 23.6 Å². The summed E-state index contributed by atoms with van der Waals surface area (Å²) in [6.07, 6.45) is 4.90. The Morgan fingerprint density at radius 2 is 2.36 bits per heavy atom. The fourth-order valence-corrected chi connectivity index (χ4v) is 1.46. The second kappa shape index (κ2) is 2.62. The molecule has 11 heavy (non-hydrogen) atoms. The fourth-order valence-electron chi connectivity index (χ4n) is 1.46. The largest absolute Gasteiger partial charge is 0.372 e. The molecule has 0 fully saturated rings. The van der Waals surface area contributed by atoms with E-state index in [2.05, 4.69) is 11.9 Å². The van der Waals surface area contributed by atoms with Gasteiger partial charge in [-0.15, -0.1) is 0 Å². The Morgan fingerprint density at radius 3 is 3.18 bits per heavy atom. The summed E-state index contributed by atoms with van der Waals surface area (Å²) in [5, 5.41) is 0. The molecule has 2 heteroatoms. The average molecular weight is 149 g/mol. The van der Waals surface area contributed by atoms with Crippen molar-refractivity contribution in [1.82, 2.24) is 4.98 Å². The quantitative estimate of drug-likeness (QED) is 0.606. The molecule has 0 saturated heterocycles. The van der Waals surface area contributed by atoms with Gasteiger partial charge in [0.1, 0.15) is 0 Å². The summed E-state index contributed by atoms with van der Waals surface area (Å²) >= 11 is 0. The minimum absolute atomic E-state index is 0.746. The predicted octanol–water partition coefficient (Wildman–Crippen LogP) is 1.67. The molecule has 2 heterocycles. The van der Waals surface area contributed by atoms with Gasteiger partial charge in [-0.2, -0.15) is 0 Å². The Hall–Kier alpha value is -0.890. The van der Waals surface area contributed by atoms with E-state index in [0.29, 0.717) is 0 Å². The molecular weight excluding hydrogens is 138 g/mol. The molecule has 1 aromatic heterocycles. The fraction of sp³-hybridized carbons (Fsp3) is 0.444. The summed E-state index contributed by atoms with van der Waals surface area (Å²) in [7, 11) is 0. The molecule has 0 spiro atoms. The summed E-state index contributed by atoms with van der Waals surface area (Å²) in [5.74, 6) is 0. The zero-order valence-corrected chi connectivity index (χ0v) is 6.63. The molecule has 0 amide bonds. The predicted molar refractivity (Wildman–Crippen MR) is 42.1 cm³/mol. The van der Waals surface area contributed by atoms with Crippen molar-refractivity contribution in [2.45, 2.75) is 26.6 Å². The van der Waals surface area contributed by atoms with Crippen LogP contribution in [0.15, 0.2) is 12.4 Å². The monoisotopic (exact) mass is 149 g/mol. The Balaban J connectivity index is 2.50. The van der Waals surface area contributed by atoms with Gasteiger partial charge in [0.25, 0.3) is 0 Å². The second-order valence-electron chi connectivity index (χ2n) is 2.78. The molecule has 58 valence electrons. The van der Waals surface area contributed by atoms with Gasteiger partial charge < -0.3 is 4.74 Å². The summed E-state index contributed by atoms with van der Waals surface area (Å²) in [5.41, 5.74) is 3.96.